The summed E-state index contributed by atoms with van der Waals surface area (Å²) < 4.78 is 0.514. The maximum atomic E-state index is 10.2. The number of rotatable bonds is 1. The summed E-state index contributed by atoms with van der Waals surface area (Å²) in [5.41, 5.74) is 0.0995. The number of nitro benzene ring substituents is 1. The predicted molar refractivity (Wildman–Crippen MR) is 40.8 cm³/mol. The number of halogens is 1. The molecule has 0 aliphatic rings. The van der Waals surface area contributed by atoms with E-state index < -0.39 is 4.92 Å². The Bertz CT molecular complexity index is 267. The van der Waals surface area contributed by atoms with E-state index in [-0.39, 0.29) is 22.8 Å². The monoisotopic (exact) mass is 257 g/mol. The van der Waals surface area contributed by atoms with Gasteiger partial charge in [-0.2, -0.15) is 0 Å². The minimum absolute atomic E-state index is 0. The van der Waals surface area contributed by atoms with Crippen molar-refractivity contribution in [3.05, 3.63) is 38.9 Å². The Labute approximate surface area is 82.5 Å². The minimum Gasteiger partial charge on any atom is -0.258 e. The van der Waals surface area contributed by atoms with E-state index in [1.807, 2.05) is 0 Å². The molecule has 0 saturated heterocycles. The number of hydrogen-bond acceptors (Lipinski definition) is 2. The Kier molecular flexibility index (Phi) is 4.33. The summed E-state index contributed by atoms with van der Waals surface area (Å²) >= 11 is 3.06. The first-order chi connectivity index (χ1) is 4.72. The van der Waals surface area contributed by atoms with Crippen molar-refractivity contribution >= 4 is 21.6 Å². The molecule has 60 valence electrons. The molecule has 3 nitrogen and oxygen atoms in total. The third kappa shape index (κ3) is 2.61. The minimum atomic E-state index is -0.427. The molecule has 1 aromatic rings. The van der Waals surface area contributed by atoms with Gasteiger partial charge in [0.1, 0.15) is 0 Å². The quantitative estimate of drug-likeness (QED) is 0.440. The normalized spacial score (nSPS) is 8.45. The van der Waals surface area contributed by atoms with Gasteiger partial charge in [-0.1, -0.05) is 12.1 Å². The molecule has 0 aliphatic carbocycles. The third-order valence-electron chi connectivity index (χ3n) is 1.05. The second kappa shape index (κ2) is 4.49. The summed E-state index contributed by atoms with van der Waals surface area (Å²) in [5, 5.41) is 10.2. The zero-order chi connectivity index (χ0) is 7.56. The molecular formula is C6H4BrFeNO2. The molecule has 0 aliphatic heterocycles. The summed E-state index contributed by atoms with van der Waals surface area (Å²) in [4.78, 5) is 9.77. The van der Waals surface area contributed by atoms with E-state index in [0.717, 1.165) is 0 Å². The summed E-state index contributed by atoms with van der Waals surface area (Å²) in [6, 6.07) is 6.45. The molecule has 0 spiro atoms. The molecule has 0 saturated carbocycles. The fourth-order valence-electron chi connectivity index (χ4n) is 0.600. The fraction of sp³-hybridized carbons (Fsp3) is 0. The molecule has 0 unspecified atom stereocenters. The molecule has 0 N–H and O–H groups in total. The van der Waals surface area contributed by atoms with Crippen LogP contribution < -0.4 is 0 Å². The van der Waals surface area contributed by atoms with Crippen LogP contribution in [0.5, 0.6) is 0 Å². The molecule has 0 heterocycles. The van der Waals surface area contributed by atoms with Gasteiger partial charge >= 0.3 is 0 Å². The van der Waals surface area contributed by atoms with Gasteiger partial charge < -0.3 is 0 Å². The summed E-state index contributed by atoms with van der Waals surface area (Å²) in [5.74, 6) is 0. The van der Waals surface area contributed by atoms with Crippen LogP contribution in [0.2, 0.25) is 0 Å². The van der Waals surface area contributed by atoms with E-state index in [1.165, 1.54) is 6.07 Å². The molecule has 0 radical (unpaired) electrons. The van der Waals surface area contributed by atoms with Crippen LogP contribution in [0, 0.1) is 10.1 Å². The second-order valence-electron chi connectivity index (χ2n) is 1.71. The van der Waals surface area contributed by atoms with Gasteiger partial charge in [0.15, 0.2) is 0 Å². The molecular weight excluding hydrogens is 254 g/mol. The van der Waals surface area contributed by atoms with Crippen LogP contribution in [0.4, 0.5) is 5.69 Å². The number of para-hydroxylation sites is 1. The van der Waals surface area contributed by atoms with E-state index in [1.54, 1.807) is 18.2 Å². The molecule has 1 aromatic carbocycles. The molecule has 0 amide bonds. The maximum Gasteiger partial charge on any atom is 0.283 e. The van der Waals surface area contributed by atoms with Gasteiger partial charge in [-0.3, -0.25) is 10.1 Å². The van der Waals surface area contributed by atoms with E-state index in [2.05, 4.69) is 15.9 Å². The third-order valence-corrected chi connectivity index (χ3v) is 1.72. The van der Waals surface area contributed by atoms with Crippen LogP contribution in [0.15, 0.2) is 28.7 Å². The molecule has 5 heteroatoms. The molecule has 11 heavy (non-hydrogen) atoms. The second-order valence-corrected chi connectivity index (χ2v) is 2.56. The topological polar surface area (TPSA) is 43.1 Å². The smallest absolute Gasteiger partial charge is 0.258 e. The van der Waals surface area contributed by atoms with Gasteiger partial charge in [-0.05, 0) is 22.0 Å². The molecule has 0 atom stereocenters. The largest absolute Gasteiger partial charge is 0.283 e. The Morgan fingerprint density at radius 1 is 1.36 bits per heavy atom. The average molecular weight is 258 g/mol. The van der Waals surface area contributed by atoms with E-state index in [0.29, 0.717) is 4.47 Å². The Morgan fingerprint density at radius 2 is 1.91 bits per heavy atom. The zero-order valence-electron chi connectivity index (χ0n) is 5.30. The fourth-order valence-corrected chi connectivity index (χ4v) is 1.03. The molecule has 0 fully saturated rings. The molecule has 1 rings (SSSR count). The van der Waals surface area contributed by atoms with Crippen LogP contribution in [-0.2, 0) is 17.1 Å². The van der Waals surface area contributed by atoms with Crippen molar-refractivity contribution in [3.8, 4) is 0 Å². The van der Waals surface area contributed by atoms with Crippen molar-refractivity contribution < 1.29 is 22.0 Å². The summed E-state index contributed by atoms with van der Waals surface area (Å²) in [6.45, 7) is 0. The number of benzene rings is 1. The first-order valence-corrected chi connectivity index (χ1v) is 3.40. The standard InChI is InChI=1S/C6H4BrNO2.Fe/c7-5-3-1-2-4-6(5)8(9)10;/h1-4H;. The first kappa shape index (κ1) is 10.6. The van der Waals surface area contributed by atoms with Crippen LogP contribution in [0.3, 0.4) is 0 Å². The average Bonchev–Trinajstić information content (AvgIpc) is 1.88. The van der Waals surface area contributed by atoms with Gasteiger partial charge in [-0.15, -0.1) is 0 Å². The zero-order valence-corrected chi connectivity index (χ0v) is 7.99. The van der Waals surface area contributed by atoms with E-state index >= 15 is 0 Å². The summed E-state index contributed by atoms with van der Waals surface area (Å²) in [6.07, 6.45) is 0. The van der Waals surface area contributed by atoms with Gasteiger partial charge in [0.05, 0.1) is 9.40 Å². The first-order valence-electron chi connectivity index (χ1n) is 2.61. The Balaban J connectivity index is 0.000001000. The SMILES string of the molecule is O=[N+]([O-])c1ccccc1Br.[Fe]. The maximum absolute atomic E-state index is 10.2. The predicted octanol–water partition coefficient (Wildman–Crippen LogP) is 2.35. The van der Waals surface area contributed by atoms with Crippen LogP contribution in [-0.4, -0.2) is 4.92 Å². The van der Waals surface area contributed by atoms with Crippen molar-refractivity contribution in [2.45, 2.75) is 0 Å². The van der Waals surface area contributed by atoms with Gasteiger partial charge in [0.2, 0.25) is 0 Å². The van der Waals surface area contributed by atoms with Crippen molar-refractivity contribution in [1.82, 2.24) is 0 Å². The molecule has 0 aromatic heterocycles. The molecule has 0 bridgehead atoms. The Morgan fingerprint density at radius 3 is 2.27 bits per heavy atom. The van der Waals surface area contributed by atoms with Gasteiger partial charge in [0, 0.05) is 23.1 Å². The summed E-state index contributed by atoms with van der Waals surface area (Å²) in [7, 11) is 0. The van der Waals surface area contributed by atoms with Gasteiger partial charge in [-0.25, -0.2) is 0 Å². The van der Waals surface area contributed by atoms with Crippen LogP contribution in [0.25, 0.3) is 0 Å². The number of nitro groups is 1. The number of hydrogen-bond donors (Lipinski definition) is 0. The van der Waals surface area contributed by atoms with E-state index in [4.69, 9.17) is 0 Å². The van der Waals surface area contributed by atoms with E-state index in [9.17, 15) is 10.1 Å². The van der Waals surface area contributed by atoms with Gasteiger partial charge in [0.25, 0.3) is 5.69 Å². The van der Waals surface area contributed by atoms with Crippen molar-refractivity contribution in [1.29, 1.82) is 0 Å². The van der Waals surface area contributed by atoms with Crippen LogP contribution in [0.1, 0.15) is 0 Å². The number of nitrogens with zero attached hydrogens (tertiary/aromatic N) is 1. The van der Waals surface area contributed by atoms with Crippen molar-refractivity contribution in [3.63, 3.8) is 0 Å². The van der Waals surface area contributed by atoms with Crippen LogP contribution >= 0.6 is 15.9 Å². The van der Waals surface area contributed by atoms with Crippen molar-refractivity contribution in [2.75, 3.05) is 0 Å². The van der Waals surface area contributed by atoms with Crippen molar-refractivity contribution in [2.24, 2.45) is 0 Å². The Hall–Kier alpha value is -0.381.